The molecule has 2 aromatic rings. The largest absolute Gasteiger partial charge is 0.489 e. The number of aromatic nitrogens is 1. The van der Waals surface area contributed by atoms with E-state index in [2.05, 4.69) is 15.2 Å². The second-order valence-corrected chi connectivity index (χ2v) is 7.25. The summed E-state index contributed by atoms with van der Waals surface area (Å²) in [5, 5.41) is 4.12. The first-order chi connectivity index (χ1) is 12.5. The normalized spacial score (nSPS) is 18.5. The molecule has 0 radical (unpaired) electrons. The Bertz CT molecular complexity index is 758. The average molecular weight is 394 g/mol. The highest BCUT2D eigenvalue weighted by atomic mass is 35.5. The van der Waals surface area contributed by atoms with Gasteiger partial charge in [-0.1, -0.05) is 29.3 Å². The number of likely N-dealkylation sites (tertiary alicyclic amines) is 1. The van der Waals surface area contributed by atoms with Crippen molar-refractivity contribution in [2.24, 2.45) is 0 Å². The van der Waals surface area contributed by atoms with Crippen molar-refractivity contribution in [3.63, 3.8) is 0 Å². The molecule has 3 rings (SSSR count). The predicted molar refractivity (Wildman–Crippen MR) is 103 cm³/mol. The SMILES string of the molecule is CC(NC(=O)CN1CC[C@@H](Oc2ccncc2)C1)c1ccc(Cl)cc1Cl. The van der Waals surface area contributed by atoms with Gasteiger partial charge in [0.15, 0.2) is 0 Å². The maximum atomic E-state index is 12.4. The summed E-state index contributed by atoms with van der Waals surface area (Å²) in [7, 11) is 0. The molecule has 1 saturated heterocycles. The molecule has 1 fully saturated rings. The second kappa shape index (κ2) is 8.71. The third-order valence-corrected chi connectivity index (χ3v) is 4.92. The van der Waals surface area contributed by atoms with E-state index >= 15 is 0 Å². The minimum atomic E-state index is -0.182. The molecule has 26 heavy (non-hydrogen) atoms. The molecule has 1 unspecified atom stereocenters. The lowest BCUT2D eigenvalue weighted by atomic mass is 10.1. The van der Waals surface area contributed by atoms with Gasteiger partial charge in [0.25, 0.3) is 0 Å². The quantitative estimate of drug-likeness (QED) is 0.812. The zero-order chi connectivity index (χ0) is 18.5. The number of rotatable bonds is 6. The highest BCUT2D eigenvalue weighted by Gasteiger charge is 2.26. The molecule has 0 saturated carbocycles. The Morgan fingerprint density at radius 2 is 2.12 bits per heavy atom. The molecule has 138 valence electrons. The van der Waals surface area contributed by atoms with E-state index in [1.165, 1.54) is 0 Å². The van der Waals surface area contributed by atoms with Crippen molar-refractivity contribution in [3.05, 3.63) is 58.3 Å². The van der Waals surface area contributed by atoms with Crippen LogP contribution in [0.2, 0.25) is 10.0 Å². The Balaban J connectivity index is 1.48. The lowest BCUT2D eigenvalue weighted by Gasteiger charge is -2.20. The van der Waals surface area contributed by atoms with Crippen LogP contribution in [0.25, 0.3) is 0 Å². The second-order valence-electron chi connectivity index (χ2n) is 6.40. The third kappa shape index (κ3) is 5.10. The number of pyridine rings is 1. The number of hydrogen-bond donors (Lipinski definition) is 1. The fourth-order valence-corrected chi connectivity index (χ4v) is 3.64. The van der Waals surface area contributed by atoms with Crippen LogP contribution in [0.4, 0.5) is 0 Å². The van der Waals surface area contributed by atoms with Gasteiger partial charge in [-0.25, -0.2) is 0 Å². The summed E-state index contributed by atoms with van der Waals surface area (Å²) in [5.41, 5.74) is 0.852. The summed E-state index contributed by atoms with van der Waals surface area (Å²) < 4.78 is 5.92. The smallest absolute Gasteiger partial charge is 0.234 e. The molecular formula is C19H21Cl2N3O2. The number of nitrogens with one attached hydrogen (secondary N) is 1. The monoisotopic (exact) mass is 393 g/mol. The van der Waals surface area contributed by atoms with Gasteiger partial charge >= 0.3 is 0 Å². The van der Waals surface area contributed by atoms with Gasteiger partial charge in [0.05, 0.1) is 12.6 Å². The Morgan fingerprint density at radius 1 is 1.35 bits per heavy atom. The zero-order valence-electron chi connectivity index (χ0n) is 14.5. The fourth-order valence-electron chi connectivity index (χ4n) is 3.07. The van der Waals surface area contributed by atoms with E-state index in [1.807, 2.05) is 25.1 Å². The lowest BCUT2D eigenvalue weighted by molar-refractivity contribution is -0.122. The van der Waals surface area contributed by atoms with Crippen molar-refractivity contribution >= 4 is 29.1 Å². The fraction of sp³-hybridized carbons (Fsp3) is 0.368. The molecule has 0 spiro atoms. The number of benzene rings is 1. The highest BCUT2D eigenvalue weighted by Crippen LogP contribution is 2.26. The lowest BCUT2D eigenvalue weighted by Crippen LogP contribution is -2.38. The van der Waals surface area contributed by atoms with E-state index < -0.39 is 0 Å². The number of halogens is 2. The number of carbonyl (C=O) groups excluding carboxylic acids is 1. The van der Waals surface area contributed by atoms with Crippen LogP contribution >= 0.6 is 23.2 Å². The van der Waals surface area contributed by atoms with E-state index in [0.717, 1.165) is 30.8 Å². The maximum absolute atomic E-state index is 12.4. The van der Waals surface area contributed by atoms with Crippen molar-refractivity contribution in [3.8, 4) is 5.75 Å². The van der Waals surface area contributed by atoms with Gasteiger partial charge in [-0.2, -0.15) is 0 Å². The van der Waals surface area contributed by atoms with Gasteiger partial charge in [0.2, 0.25) is 5.91 Å². The minimum absolute atomic E-state index is 0.0342. The average Bonchev–Trinajstić information content (AvgIpc) is 3.02. The molecule has 5 nitrogen and oxygen atoms in total. The summed E-state index contributed by atoms with van der Waals surface area (Å²) in [6.07, 6.45) is 4.40. The minimum Gasteiger partial charge on any atom is -0.489 e. The Labute approximate surface area is 163 Å². The number of nitrogens with zero attached hydrogens (tertiary/aromatic N) is 2. The van der Waals surface area contributed by atoms with Crippen molar-refractivity contribution in [1.82, 2.24) is 15.2 Å². The number of hydrogen-bond acceptors (Lipinski definition) is 4. The number of ether oxygens (including phenoxy) is 1. The topological polar surface area (TPSA) is 54.5 Å². The van der Waals surface area contributed by atoms with Crippen molar-refractivity contribution in [2.45, 2.75) is 25.5 Å². The van der Waals surface area contributed by atoms with Gasteiger partial charge in [0, 0.05) is 35.5 Å². The molecule has 1 aliphatic heterocycles. The van der Waals surface area contributed by atoms with Crippen molar-refractivity contribution < 1.29 is 9.53 Å². The van der Waals surface area contributed by atoms with E-state index in [4.69, 9.17) is 27.9 Å². The van der Waals surface area contributed by atoms with Crippen LogP contribution in [0.15, 0.2) is 42.7 Å². The van der Waals surface area contributed by atoms with E-state index in [1.54, 1.807) is 24.5 Å². The Kier molecular flexibility index (Phi) is 6.35. The molecular weight excluding hydrogens is 373 g/mol. The molecule has 1 aromatic heterocycles. The molecule has 7 heteroatoms. The molecule has 1 N–H and O–H groups in total. The molecule has 2 atom stereocenters. The molecule has 1 aliphatic rings. The van der Waals surface area contributed by atoms with Crippen LogP contribution in [-0.2, 0) is 4.79 Å². The van der Waals surface area contributed by atoms with Crippen molar-refractivity contribution in [1.29, 1.82) is 0 Å². The van der Waals surface area contributed by atoms with Crippen LogP contribution in [-0.4, -0.2) is 41.5 Å². The van der Waals surface area contributed by atoms with Crippen LogP contribution in [0.3, 0.4) is 0 Å². The molecule has 2 heterocycles. The standard InChI is InChI=1S/C19H21Cl2N3O2/c1-13(17-3-2-14(20)10-18(17)21)23-19(25)12-24-9-6-16(11-24)26-15-4-7-22-8-5-15/h2-5,7-8,10,13,16H,6,9,11-12H2,1H3,(H,23,25)/t13?,16-/m1/s1. The van der Waals surface area contributed by atoms with Gasteiger partial charge < -0.3 is 10.1 Å². The first kappa shape index (κ1) is 19.0. The number of carbonyl (C=O) groups is 1. The summed E-state index contributed by atoms with van der Waals surface area (Å²) in [5.74, 6) is 0.774. The van der Waals surface area contributed by atoms with Crippen LogP contribution < -0.4 is 10.1 Å². The van der Waals surface area contributed by atoms with E-state index in [-0.39, 0.29) is 18.1 Å². The van der Waals surface area contributed by atoms with Crippen LogP contribution in [0.5, 0.6) is 5.75 Å². The zero-order valence-corrected chi connectivity index (χ0v) is 16.0. The highest BCUT2D eigenvalue weighted by molar-refractivity contribution is 6.35. The van der Waals surface area contributed by atoms with Gasteiger partial charge in [-0.3, -0.25) is 14.7 Å². The van der Waals surface area contributed by atoms with E-state index in [0.29, 0.717) is 16.6 Å². The summed E-state index contributed by atoms with van der Waals surface area (Å²) in [4.78, 5) is 18.4. The molecule has 0 bridgehead atoms. The number of amides is 1. The summed E-state index contributed by atoms with van der Waals surface area (Å²) >= 11 is 12.1. The Hall–Kier alpha value is -1.82. The first-order valence-corrected chi connectivity index (χ1v) is 9.30. The Morgan fingerprint density at radius 3 is 2.85 bits per heavy atom. The van der Waals surface area contributed by atoms with E-state index in [9.17, 15) is 4.79 Å². The van der Waals surface area contributed by atoms with Crippen LogP contribution in [0, 0.1) is 0 Å². The molecule has 0 aliphatic carbocycles. The van der Waals surface area contributed by atoms with Gasteiger partial charge in [0.1, 0.15) is 11.9 Å². The van der Waals surface area contributed by atoms with Crippen molar-refractivity contribution in [2.75, 3.05) is 19.6 Å². The summed E-state index contributed by atoms with van der Waals surface area (Å²) in [6.45, 7) is 3.81. The van der Waals surface area contributed by atoms with Crippen LogP contribution in [0.1, 0.15) is 24.9 Å². The van der Waals surface area contributed by atoms with Gasteiger partial charge in [-0.05, 0) is 43.2 Å². The summed E-state index contributed by atoms with van der Waals surface area (Å²) in [6, 6.07) is 8.79. The molecule has 1 amide bonds. The van der Waals surface area contributed by atoms with Gasteiger partial charge in [-0.15, -0.1) is 0 Å². The third-order valence-electron chi connectivity index (χ3n) is 4.36. The predicted octanol–water partition coefficient (Wildman–Crippen LogP) is 3.72. The first-order valence-electron chi connectivity index (χ1n) is 8.54. The molecule has 1 aromatic carbocycles. The maximum Gasteiger partial charge on any atom is 0.234 e.